The molecule has 0 radical (unpaired) electrons. The van der Waals surface area contributed by atoms with Crippen LogP contribution in [0.4, 0.5) is 5.69 Å². The van der Waals surface area contributed by atoms with Gasteiger partial charge in [0.25, 0.3) is 0 Å². The molecule has 3 heteroatoms. The lowest BCUT2D eigenvalue weighted by Gasteiger charge is -2.21. The number of ketones is 1. The zero-order valence-electron chi connectivity index (χ0n) is 12.0. The standard InChI is InChI=1S/C15H23NO2/c1-11-9-14(10-12(2)15(11)18-5)16(4)8-6-7-13(3)17/h9-10H,6-8H2,1-5H3. The van der Waals surface area contributed by atoms with E-state index < -0.39 is 0 Å². The Kier molecular flexibility index (Phi) is 5.20. The van der Waals surface area contributed by atoms with E-state index in [-0.39, 0.29) is 5.78 Å². The molecule has 0 saturated heterocycles. The van der Waals surface area contributed by atoms with Gasteiger partial charge in [-0.1, -0.05) is 0 Å². The molecule has 0 unspecified atom stereocenters. The summed E-state index contributed by atoms with van der Waals surface area (Å²) in [6.45, 7) is 6.64. The van der Waals surface area contributed by atoms with Crippen LogP contribution in [-0.2, 0) is 4.79 Å². The SMILES string of the molecule is COc1c(C)cc(N(C)CCCC(C)=O)cc1C. The Bertz CT molecular complexity index is 403. The Morgan fingerprint density at radius 2 is 1.83 bits per heavy atom. The van der Waals surface area contributed by atoms with Crippen molar-refractivity contribution in [2.75, 3.05) is 25.6 Å². The van der Waals surface area contributed by atoms with Gasteiger partial charge >= 0.3 is 0 Å². The van der Waals surface area contributed by atoms with Crippen LogP contribution in [0.5, 0.6) is 5.75 Å². The number of benzene rings is 1. The van der Waals surface area contributed by atoms with Crippen molar-refractivity contribution in [3.8, 4) is 5.75 Å². The van der Waals surface area contributed by atoms with Gasteiger partial charge in [-0.25, -0.2) is 0 Å². The molecule has 100 valence electrons. The molecular weight excluding hydrogens is 226 g/mol. The van der Waals surface area contributed by atoms with Gasteiger partial charge in [-0.15, -0.1) is 0 Å². The smallest absolute Gasteiger partial charge is 0.129 e. The predicted octanol–water partition coefficient (Wildman–Crippen LogP) is 3.12. The summed E-state index contributed by atoms with van der Waals surface area (Å²) in [5, 5.41) is 0. The fraction of sp³-hybridized carbons (Fsp3) is 0.533. The minimum atomic E-state index is 0.255. The van der Waals surface area contributed by atoms with Crippen molar-refractivity contribution in [3.63, 3.8) is 0 Å². The van der Waals surface area contributed by atoms with Gasteiger partial charge < -0.3 is 14.4 Å². The van der Waals surface area contributed by atoms with Crippen LogP contribution in [0.25, 0.3) is 0 Å². The zero-order chi connectivity index (χ0) is 13.7. The quantitative estimate of drug-likeness (QED) is 0.775. The van der Waals surface area contributed by atoms with E-state index >= 15 is 0 Å². The maximum Gasteiger partial charge on any atom is 0.129 e. The van der Waals surface area contributed by atoms with E-state index in [4.69, 9.17) is 4.74 Å². The summed E-state index contributed by atoms with van der Waals surface area (Å²) in [7, 11) is 3.76. The summed E-state index contributed by atoms with van der Waals surface area (Å²) in [5.41, 5.74) is 3.46. The molecule has 0 fully saturated rings. The van der Waals surface area contributed by atoms with Gasteiger partial charge in [0.1, 0.15) is 11.5 Å². The van der Waals surface area contributed by atoms with Crippen molar-refractivity contribution in [3.05, 3.63) is 23.3 Å². The number of carbonyl (C=O) groups is 1. The predicted molar refractivity (Wildman–Crippen MR) is 75.7 cm³/mol. The lowest BCUT2D eigenvalue weighted by atomic mass is 10.1. The second-order valence-corrected chi connectivity index (χ2v) is 4.84. The van der Waals surface area contributed by atoms with E-state index in [1.165, 1.54) is 5.69 Å². The minimum Gasteiger partial charge on any atom is -0.496 e. The highest BCUT2D eigenvalue weighted by molar-refractivity contribution is 5.75. The molecule has 0 aliphatic heterocycles. The Hall–Kier alpha value is -1.51. The minimum absolute atomic E-state index is 0.255. The summed E-state index contributed by atoms with van der Waals surface area (Å²) >= 11 is 0. The molecule has 1 aromatic carbocycles. The average Bonchev–Trinajstić information content (AvgIpc) is 2.27. The van der Waals surface area contributed by atoms with E-state index in [1.54, 1.807) is 14.0 Å². The highest BCUT2D eigenvalue weighted by atomic mass is 16.5. The van der Waals surface area contributed by atoms with Gasteiger partial charge in [0.15, 0.2) is 0 Å². The molecule has 0 aliphatic rings. The first kappa shape index (κ1) is 14.6. The lowest BCUT2D eigenvalue weighted by Crippen LogP contribution is -2.19. The van der Waals surface area contributed by atoms with Gasteiger partial charge in [0.05, 0.1) is 7.11 Å². The molecule has 1 aromatic rings. The molecule has 3 nitrogen and oxygen atoms in total. The number of hydrogen-bond donors (Lipinski definition) is 0. The van der Waals surface area contributed by atoms with Crippen LogP contribution in [-0.4, -0.2) is 26.5 Å². The molecule has 18 heavy (non-hydrogen) atoms. The number of aryl methyl sites for hydroxylation is 2. The van der Waals surface area contributed by atoms with Gasteiger partial charge in [-0.2, -0.15) is 0 Å². The van der Waals surface area contributed by atoms with Crippen molar-refractivity contribution < 1.29 is 9.53 Å². The second-order valence-electron chi connectivity index (χ2n) is 4.84. The van der Waals surface area contributed by atoms with Crippen molar-refractivity contribution in [2.45, 2.75) is 33.6 Å². The molecule has 0 atom stereocenters. The summed E-state index contributed by atoms with van der Waals surface area (Å²) < 4.78 is 5.36. The van der Waals surface area contributed by atoms with Crippen molar-refractivity contribution in [1.29, 1.82) is 0 Å². The highest BCUT2D eigenvalue weighted by Gasteiger charge is 2.08. The van der Waals surface area contributed by atoms with Crippen LogP contribution in [0.15, 0.2) is 12.1 Å². The molecule has 0 heterocycles. The molecular formula is C15H23NO2. The summed E-state index contributed by atoms with van der Waals surface area (Å²) in [6, 6.07) is 4.25. The Morgan fingerprint density at radius 1 is 1.28 bits per heavy atom. The van der Waals surface area contributed by atoms with Crippen molar-refractivity contribution in [1.82, 2.24) is 0 Å². The largest absolute Gasteiger partial charge is 0.496 e. The van der Waals surface area contributed by atoms with Crippen molar-refractivity contribution in [2.24, 2.45) is 0 Å². The molecule has 0 aliphatic carbocycles. The number of ether oxygens (including phenoxy) is 1. The van der Waals surface area contributed by atoms with E-state index in [9.17, 15) is 4.79 Å². The molecule has 0 amide bonds. The van der Waals surface area contributed by atoms with Crippen LogP contribution in [0.2, 0.25) is 0 Å². The monoisotopic (exact) mass is 249 g/mol. The van der Waals surface area contributed by atoms with Crippen LogP contribution < -0.4 is 9.64 Å². The first-order valence-corrected chi connectivity index (χ1v) is 6.31. The summed E-state index contributed by atoms with van der Waals surface area (Å²) in [5.74, 6) is 1.21. The number of methoxy groups -OCH3 is 1. The lowest BCUT2D eigenvalue weighted by molar-refractivity contribution is -0.117. The molecule has 0 saturated carbocycles. The third-order valence-electron chi connectivity index (χ3n) is 3.11. The van der Waals surface area contributed by atoms with Gasteiger partial charge in [-0.05, 0) is 50.5 Å². The normalized spacial score (nSPS) is 10.3. The Balaban J connectivity index is 2.74. The van der Waals surface area contributed by atoms with Crippen LogP contribution in [0.3, 0.4) is 0 Å². The van der Waals surface area contributed by atoms with Crippen LogP contribution >= 0.6 is 0 Å². The summed E-state index contributed by atoms with van der Waals surface area (Å²) in [6.07, 6.45) is 1.55. The second kappa shape index (κ2) is 6.43. The molecule has 0 N–H and O–H groups in total. The first-order chi connectivity index (χ1) is 8.45. The fourth-order valence-corrected chi connectivity index (χ4v) is 2.16. The van der Waals surface area contributed by atoms with E-state index in [0.29, 0.717) is 6.42 Å². The highest BCUT2D eigenvalue weighted by Crippen LogP contribution is 2.28. The zero-order valence-corrected chi connectivity index (χ0v) is 12.0. The number of Topliss-reactive ketones (excluding diaryl/α,β-unsaturated/α-hetero) is 1. The first-order valence-electron chi connectivity index (χ1n) is 6.31. The topological polar surface area (TPSA) is 29.5 Å². The van der Waals surface area contributed by atoms with E-state index in [0.717, 1.165) is 29.8 Å². The Morgan fingerprint density at radius 3 is 2.28 bits per heavy atom. The van der Waals surface area contributed by atoms with Crippen LogP contribution in [0, 0.1) is 13.8 Å². The van der Waals surface area contributed by atoms with Gasteiger partial charge in [0, 0.05) is 25.7 Å². The molecule has 0 spiro atoms. The van der Waals surface area contributed by atoms with E-state index in [1.807, 2.05) is 0 Å². The fourth-order valence-electron chi connectivity index (χ4n) is 2.16. The summed E-state index contributed by atoms with van der Waals surface area (Å²) in [4.78, 5) is 13.1. The number of anilines is 1. The Labute approximate surface area is 110 Å². The molecule has 0 aromatic heterocycles. The number of hydrogen-bond acceptors (Lipinski definition) is 3. The van der Waals surface area contributed by atoms with Gasteiger partial charge in [-0.3, -0.25) is 0 Å². The van der Waals surface area contributed by atoms with E-state index in [2.05, 4.69) is 37.9 Å². The maximum absolute atomic E-state index is 10.9. The van der Waals surface area contributed by atoms with Crippen molar-refractivity contribution >= 4 is 11.5 Å². The van der Waals surface area contributed by atoms with Crippen LogP contribution in [0.1, 0.15) is 30.9 Å². The number of rotatable bonds is 6. The third-order valence-corrected chi connectivity index (χ3v) is 3.11. The third kappa shape index (κ3) is 3.76. The maximum atomic E-state index is 10.9. The average molecular weight is 249 g/mol. The molecule has 0 bridgehead atoms. The van der Waals surface area contributed by atoms with Gasteiger partial charge in [0.2, 0.25) is 0 Å². The number of carbonyl (C=O) groups excluding carboxylic acids is 1. The number of nitrogens with zero attached hydrogens (tertiary/aromatic N) is 1. The molecule has 1 rings (SSSR count).